The second kappa shape index (κ2) is 4.60. The molecule has 3 heteroatoms. The summed E-state index contributed by atoms with van der Waals surface area (Å²) in [6, 6.07) is 0. The van der Waals surface area contributed by atoms with Crippen molar-refractivity contribution >= 4 is 0 Å². The molecule has 0 bridgehead atoms. The summed E-state index contributed by atoms with van der Waals surface area (Å²) in [5.74, 6) is 0. The maximum Gasteiger partial charge on any atom is 0.0699 e. The molecule has 0 saturated carbocycles. The van der Waals surface area contributed by atoms with E-state index in [4.69, 9.17) is 9.47 Å². The van der Waals surface area contributed by atoms with E-state index >= 15 is 0 Å². The molecular formula is C11H21NO2. The van der Waals surface area contributed by atoms with Crippen molar-refractivity contribution < 1.29 is 9.47 Å². The van der Waals surface area contributed by atoms with E-state index in [-0.39, 0.29) is 0 Å². The first kappa shape index (κ1) is 10.4. The molecule has 0 amide bonds. The van der Waals surface area contributed by atoms with Crippen LogP contribution in [0.15, 0.2) is 0 Å². The smallest absolute Gasteiger partial charge is 0.0699 e. The van der Waals surface area contributed by atoms with Gasteiger partial charge >= 0.3 is 0 Å². The summed E-state index contributed by atoms with van der Waals surface area (Å²) in [6.45, 7) is 7.11. The van der Waals surface area contributed by atoms with Crippen molar-refractivity contribution in [2.24, 2.45) is 5.41 Å². The number of hydrogen-bond acceptors (Lipinski definition) is 3. The Hall–Kier alpha value is -0.120. The van der Waals surface area contributed by atoms with Crippen LogP contribution in [0.5, 0.6) is 0 Å². The van der Waals surface area contributed by atoms with E-state index in [1.165, 1.54) is 19.3 Å². The molecule has 14 heavy (non-hydrogen) atoms. The Morgan fingerprint density at radius 2 is 2.21 bits per heavy atom. The summed E-state index contributed by atoms with van der Waals surface area (Å²) in [5.41, 5.74) is 0.384. The predicted octanol–water partition coefficient (Wildman–Crippen LogP) is 1.18. The van der Waals surface area contributed by atoms with Gasteiger partial charge in [-0.25, -0.2) is 0 Å². The monoisotopic (exact) mass is 199 g/mol. The average Bonchev–Trinajstić information content (AvgIpc) is 2.17. The van der Waals surface area contributed by atoms with E-state index in [0.717, 1.165) is 32.9 Å². The number of ether oxygens (including phenoxy) is 2. The third kappa shape index (κ3) is 2.69. The molecule has 0 radical (unpaired) electrons. The summed E-state index contributed by atoms with van der Waals surface area (Å²) in [7, 11) is 0. The molecule has 2 aliphatic rings. The first-order valence-corrected chi connectivity index (χ1v) is 5.69. The van der Waals surface area contributed by atoms with Gasteiger partial charge < -0.3 is 14.8 Å². The molecule has 0 aromatic rings. The Morgan fingerprint density at radius 3 is 2.79 bits per heavy atom. The Balaban J connectivity index is 1.57. The van der Waals surface area contributed by atoms with Crippen LogP contribution in [0.25, 0.3) is 0 Å². The first-order valence-electron chi connectivity index (χ1n) is 5.69. The topological polar surface area (TPSA) is 30.5 Å². The van der Waals surface area contributed by atoms with E-state index in [1.807, 2.05) is 0 Å². The van der Waals surface area contributed by atoms with Crippen LogP contribution in [0.2, 0.25) is 0 Å². The molecule has 2 saturated heterocycles. The molecule has 2 rings (SSSR count). The molecule has 3 nitrogen and oxygen atoms in total. The van der Waals surface area contributed by atoms with Gasteiger partial charge in [-0.15, -0.1) is 0 Å². The van der Waals surface area contributed by atoms with E-state index in [0.29, 0.717) is 11.5 Å². The lowest BCUT2D eigenvalue weighted by molar-refractivity contribution is -0.100. The molecule has 1 N–H and O–H groups in total. The van der Waals surface area contributed by atoms with Gasteiger partial charge in [0.05, 0.1) is 19.3 Å². The van der Waals surface area contributed by atoms with Crippen molar-refractivity contribution in [1.29, 1.82) is 0 Å². The fraction of sp³-hybridized carbons (Fsp3) is 1.00. The number of nitrogens with one attached hydrogen (secondary N) is 1. The van der Waals surface area contributed by atoms with Crippen LogP contribution in [0.3, 0.4) is 0 Å². The van der Waals surface area contributed by atoms with Crippen LogP contribution in [-0.2, 0) is 9.47 Å². The van der Waals surface area contributed by atoms with Crippen molar-refractivity contribution in [3.05, 3.63) is 0 Å². The molecule has 2 heterocycles. The minimum Gasteiger partial charge on any atom is -0.380 e. The minimum atomic E-state index is 0.384. The fourth-order valence-corrected chi connectivity index (χ4v) is 2.06. The Morgan fingerprint density at radius 1 is 1.36 bits per heavy atom. The highest BCUT2D eigenvalue weighted by Gasteiger charge is 2.32. The summed E-state index contributed by atoms with van der Waals surface area (Å²) < 4.78 is 10.9. The molecule has 0 aromatic carbocycles. The van der Waals surface area contributed by atoms with Crippen molar-refractivity contribution in [2.45, 2.75) is 32.3 Å². The van der Waals surface area contributed by atoms with Crippen molar-refractivity contribution in [3.8, 4) is 0 Å². The second-order valence-electron chi connectivity index (χ2n) is 4.92. The quantitative estimate of drug-likeness (QED) is 0.737. The minimum absolute atomic E-state index is 0.384. The summed E-state index contributed by atoms with van der Waals surface area (Å²) in [6.07, 6.45) is 4.24. The summed E-state index contributed by atoms with van der Waals surface area (Å²) in [4.78, 5) is 0. The third-order valence-corrected chi connectivity index (χ3v) is 3.10. The SMILES string of the molecule is CC1(CNCC2CCCCO2)COC1. The second-order valence-corrected chi connectivity index (χ2v) is 4.92. The van der Waals surface area contributed by atoms with Crippen molar-refractivity contribution in [1.82, 2.24) is 5.32 Å². The third-order valence-electron chi connectivity index (χ3n) is 3.10. The van der Waals surface area contributed by atoms with Gasteiger partial charge in [0.25, 0.3) is 0 Å². The highest BCUT2D eigenvalue weighted by Crippen LogP contribution is 2.25. The zero-order valence-corrected chi connectivity index (χ0v) is 9.05. The Kier molecular flexibility index (Phi) is 3.42. The summed E-state index contributed by atoms with van der Waals surface area (Å²) >= 11 is 0. The van der Waals surface area contributed by atoms with E-state index < -0.39 is 0 Å². The van der Waals surface area contributed by atoms with Gasteiger partial charge in [0.15, 0.2) is 0 Å². The zero-order chi connectivity index (χ0) is 9.86. The van der Waals surface area contributed by atoms with Crippen LogP contribution in [0.1, 0.15) is 26.2 Å². The molecule has 0 spiro atoms. The number of rotatable bonds is 4. The highest BCUT2D eigenvalue weighted by molar-refractivity contribution is 4.83. The van der Waals surface area contributed by atoms with E-state index in [2.05, 4.69) is 12.2 Å². The van der Waals surface area contributed by atoms with Crippen LogP contribution < -0.4 is 5.32 Å². The normalized spacial score (nSPS) is 31.1. The molecule has 0 aromatic heterocycles. The van der Waals surface area contributed by atoms with Gasteiger partial charge in [-0.3, -0.25) is 0 Å². The molecule has 82 valence electrons. The zero-order valence-electron chi connectivity index (χ0n) is 9.05. The van der Waals surface area contributed by atoms with Crippen LogP contribution in [0, 0.1) is 5.41 Å². The van der Waals surface area contributed by atoms with Crippen molar-refractivity contribution in [3.63, 3.8) is 0 Å². The lowest BCUT2D eigenvalue weighted by Crippen LogP contribution is -2.48. The lowest BCUT2D eigenvalue weighted by atomic mass is 9.89. The van der Waals surface area contributed by atoms with Crippen molar-refractivity contribution in [2.75, 3.05) is 32.9 Å². The standard InChI is InChI=1S/C11H21NO2/c1-11(8-13-9-11)7-12-6-10-4-2-3-5-14-10/h10,12H,2-9H2,1H3. The van der Waals surface area contributed by atoms with Gasteiger partial charge in [-0.2, -0.15) is 0 Å². The lowest BCUT2D eigenvalue weighted by Gasteiger charge is -2.38. The maximum absolute atomic E-state index is 5.65. The predicted molar refractivity (Wildman–Crippen MR) is 55.4 cm³/mol. The van der Waals surface area contributed by atoms with Crippen LogP contribution >= 0.6 is 0 Å². The molecule has 0 aliphatic carbocycles. The summed E-state index contributed by atoms with van der Waals surface area (Å²) in [5, 5.41) is 3.49. The van der Waals surface area contributed by atoms with Crippen LogP contribution in [-0.4, -0.2) is 39.0 Å². The molecule has 1 unspecified atom stereocenters. The molecule has 1 atom stereocenters. The van der Waals surface area contributed by atoms with E-state index in [1.54, 1.807) is 0 Å². The van der Waals surface area contributed by atoms with Gasteiger partial charge in [0.1, 0.15) is 0 Å². The van der Waals surface area contributed by atoms with E-state index in [9.17, 15) is 0 Å². The number of hydrogen-bond donors (Lipinski definition) is 1. The Bertz CT molecular complexity index is 174. The molecular weight excluding hydrogens is 178 g/mol. The Labute approximate surface area is 86.2 Å². The molecule has 2 fully saturated rings. The van der Waals surface area contributed by atoms with Gasteiger partial charge in [0.2, 0.25) is 0 Å². The highest BCUT2D eigenvalue weighted by atomic mass is 16.5. The molecule has 2 aliphatic heterocycles. The van der Waals surface area contributed by atoms with Gasteiger partial charge in [-0.05, 0) is 19.3 Å². The average molecular weight is 199 g/mol. The fourth-order valence-electron chi connectivity index (χ4n) is 2.06. The van der Waals surface area contributed by atoms with Gasteiger partial charge in [0, 0.05) is 25.1 Å². The van der Waals surface area contributed by atoms with Crippen LogP contribution in [0.4, 0.5) is 0 Å². The first-order chi connectivity index (χ1) is 6.79. The maximum atomic E-state index is 5.65. The largest absolute Gasteiger partial charge is 0.380 e. The van der Waals surface area contributed by atoms with Gasteiger partial charge in [-0.1, -0.05) is 6.92 Å².